The van der Waals surface area contributed by atoms with Crippen LogP contribution in [0.25, 0.3) is 0 Å². The van der Waals surface area contributed by atoms with Crippen molar-refractivity contribution in [2.24, 2.45) is 11.1 Å². The number of hydrogen-bond acceptors (Lipinski definition) is 2. The van der Waals surface area contributed by atoms with Crippen LogP contribution in [0.1, 0.15) is 33.1 Å². The minimum absolute atomic E-state index is 0.554. The Morgan fingerprint density at radius 2 is 2.20 bits per heavy atom. The third-order valence-corrected chi connectivity index (χ3v) is 1.77. The van der Waals surface area contributed by atoms with Crippen LogP contribution in [0.4, 0.5) is 0 Å². The van der Waals surface area contributed by atoms with Crippen LogP contribution in [0.15, 0.2) is 5.16 Å². The molecule has 0 saturated heterocycles. The summed E-state index contributed by atoms with van der Waals surface area (Å²) in [5, 5.41) is 4.04. The van der Waals surface area contributed by atoms with Gasteiger partial charge in [-0.1, -0.05) is 19.0 Å². The van der Waals surface area contributed by atoms with Crippen molar-refractivity contribution in [3.8, 4) is 0 Å². The summed E-state index contributed by atoms with van der Waals surface area (Å²) in [5.41, 5.74) is 1.22. The molecule has 1 rings (SSSR count). The first kappa shape index (κ1) is 7.58. The smallest absolute Gasteiger partial charge is 0.117 e. The van der Waals surface area contributed by atoms with Gasteiger partial charge in [0.25, 0.3) is 0 Å². The second-order valence-corrected chi connectivity index (χ2v) is 3.03. The lowest BCUT2D eigenvalue weighted by molar-refractivity contribution is 0.145. The Labute approximate surface area is 62.3 Å². The molecular weight excluding hydrogens is 126 g/mol. The topological polar surface area (TPSA) is 21.6 Å². The monoisotopic (exact) mass is 141 g/mol. The molecule has 2 heteroatoms. The largest absolute Gasteiger partial charge is 0.396 e. The molecule has 0 bridgehead atoms. The van der Waals surface area contributed by atoms with E-state index in [9.17, 15) is 0 Å². The van der Waals surface area contributed by atoms with Gasteiger partial charge < -0.3 is 4.84 Å². The number of rotatable bonds is 1. The van der Waals surface area contributed by atoms with Crippen molar-refractivity contribution < 1.29 is 4.84 Å². The van der Waals surface area contributed by atoms with Crippen LogP contribution in [0.3, 0.4) is 0 Å². The van der Waals surface area contributed by atoms with E-state index in [4.69, 9.17) is 4.84 Å². The van der Waals surface area contributed by atoms with Gasteiger partial charge in [-0.05, 0) is 25.2 Å². The van der Waals surface area contributed by atoms with Crippen molar-refractivity contribution in [1.82, 2.24) is 0 Å². The third-order valence-electron chi connectivity index (χ3n) is 1.77. The molecule has 1 aliphatic heterocycles. The average Bonchev–Trinajstić information content (AvgIpc) is 2.12. The minimum Gasteiger partial charge on any atom is -0.396 e. The number of hydrogen-bond donors (Lipinski definition) is 0. The van der Waals surface area contributed by atoms with Crippen molar-refractivity contribution in [2.75, 3.05) is 6.61 Å². The summed E-state index contributed by atoms with van der Waals surface area (Å²) < 4.78 is 0. The van der Waals surface area contributed by atoms with Crippen LogP contribution in [-0.4, -0.2) is 12.3 Å². The lowest BCUT2D eigenvalue weighted by Crippen LogP contribution is -2.05. The summed E-state index contributed by atoms with van der Waals surface area (Å²) >= 11 is 0. The Balaban J connectivity index is 2.46. The van der Waals surface area contributed by atoms with Gasteiger partial charge in [0.05, 0.1) is 5.71 Å². The molecule has 0 amide bonds. The average molecular weight is 141 g/mol. The van der Waals surface area contributed by atoms with E-state index in [1.54, 1.807) is 0 Å². The summed E-state index contributed by atoms with van der Waals surface area (Å²) in [7, 11) is 0. The Bertz CT molecular complexity index is 129. The second-order valence-electron chi connectivity index (χ2n) is 3.03. The Hall–Kier alpha value is -0.530. The zero-order valence-electron chi connectivity index (χ0n) is 6.76. The first-order valence-electron chi connectivity index (χ1n) is 3.99. The van der Waals surface area contributed by atoms with E-state index in [1.807, 2.05) is 0 Å². The van der Waals surface area contributed by atoms with Crippen molar-refractivity contribution >= 4 is 5.71 Å². The van der Waals surface area contributed by atoms with Gasteiger partial charge in [0.15, 0.2) is 0 Å². The molecule has 0 unspecified atom stereocenters. The molecule has 0 N–H and O–H groups in total. The molecule has 58 valence electrons. The molecule has 1 heterocycles. The zero-order valence-corrected chi connectivity index (χ0v) is 6.76. The van der Waals surface area contributed by atoms with Crippen LogP contribution < -0.4 is 0 Å². The fraction of sp³-hybridized carbons (Fsp3) is 0.875. The van der Waals surface area contributed by atoms with E-state index in [2.05, 4.69) is 19.0 Å². The predicted octanol–water partition coefficient (Wildman–Crippen LogP) is 2.20. The van der Waals surface area contributed by atoms with Crippen LogP contribution >= 0.6 is 0 Å². The van der Waals surface area contributed by atoms with Gasteiger partial charge in [0.1, 0.15) is 6.61 Å². The molecule has 0 spiro atoms. The third kappa shape index (κ3) is 2.01. The molecule has 1 aliphatic rings. The molecule has 0 saturated carbocycles. The van der Waals surface area contributed by atoms with Crippen LogP contribution in [-0.2, 0) is 4.84 Å². The molecule has 0 aromatic rings. The summed E-state index contributed by atoms with van der Waals surface area (Å²) in [6, 6.07) is 0. The van der Waals surface area contributed by atoms with Gasteiger partial charge in [-0.3, -0.25) is 0 Å². The maximum Gasteiger partial charge on any atom is 0.117 e. The molecule has 0 radical (unpaired) electrons. The van der Waals surface area contributed by atoms with Crippen molar-refractivity contribution in [2.45, 2.75) is 33.1 Å². The van der Waals surface area contributed by atoms with Gasteiger partial charge >= 0.3 is 0 Å². The molecule has 10 heavy (non-hydrogen) atoms. The second kappa shape index (κ2) is 3.59. The number of nitrogens with zero attached hydrogens (tertiary/aromatic N) is 1. The normalized spacial score (nSPS) is 19.7. The molecule has 0 aliphatic carbocycles. The molecule has 2 nitrogen and oxygen atoms in total. The standard InChI is InChI=1S/C8H15NO/c1-7(2)8-5-3-4-6-10-9-8/h7H,3-6H2,1-2H3. The SMILES string of the molecule is CC(C)C1=NOCCCC1. The Kier molecular flexibility index (Phi) is 2.72. The molecule has 0 aromatic carbocycles. The lowest BCUT2D eigenvalue weighted by Gasteiger charge is -2.04. The van der Waals surface area contributed by atoms with E-state index >= 15 is 0 Å². The first-order valence-corrected chi connectivity index (χ1v) is 3.99. The van der Waals surface area contributed by atoms with Crippen LogP contribution in [0.2, 0.25) is 0 Å². The molecule has 0 fully saturated rings. The van der Waals surface area contributed by atoms with E-state index in [-0.39, 0.29) is 0 Å². The maximum atomic E-state index is 5.06. The van der Waals surface area contributed by atoms with Gasteiger partial charge in [-0.15, -0.1) is 0 Å². The highest BCUT2D eigenvalue weighted by atomic mass is 16.6. The summed E-state index contributed by atoms with van der Waals surface area (Å²) in [4.78, 5) is 5.06. The van der Waals surface area contributed by atoms with Crippen LogP contribution in [0.5, 0.6) is 0 Å². The van der Waals surface area contributed by atoms with Crippen molar-refractivity contribution in [1.29, 1.82) is 0 Å². The van der Waals surface area contributed by atoms with Gasteiger partial charge in [-0.25, -0.2) is 0 Å². The van der Waals surface area contributed by atoms with Gasteiger partial charge in [-0.2, -0.15) is 0 Å². The molecule has 0 atom stereocenters. The highest BCUT2D eigenvalue weighted by Gasteiger charge is 2.08. The lowest BCUT2D eigenvalue weighted by atomic mass is 10.0. The summed E-state index contributed by atoms with van der Waals surface area (Å²) in [6.07, 6.45) is 3.51. The predicted molar refractivity (Wildman–Crippen MR) is 42.1 cm³/mol. The minimum atomic E-state index is 0.554. The quantitative estimate of drug-likeness (QED) is 0.548. The molecule has 0 aromatic heterocycles. The van der Waals surface area contributed by atoms with Crippen molar-refractivity contribution in [3.05, 3.63) is 0 Å². The van der Waals surface area contributed by atoms with E-state index in [0.29, 0.717) is 5.92 Å². The first-order chi connectivity index (χ1) is 4.80. The highest BCUT2D eigenvalue weighted by molar-refractivity contribution is 5.85. The van der Waals surface area contributed by atoms with Crippen LogP contribution in [0, 0.1) is 5.92 Å². The Morgan fingerprint density at radius 1 is 1.40 bits per heavy atom. The van der Waals surface area contributed by atoms with Gasteiger partial charge in [0.2, 0.25) is 0 Å². The van der Waals surface area contributed by atoms with E-state index < -0.39 is 0 Å². The summed E-state index contributed by atoms with van der Waals surface area (Å²) in [5.74, 6) is 0.554. The van der Waals surface area contributed by atoms with E-state index in [1.165, 1.54) is 12.1 Å². The van der Waals surface area contributed by atoms with E-state index in [0.717, 1.165) is 19.4 Å². The zero-order chi connectivity index (χ0) is 7.40. The van der Waals surface area contributed by atoms with Crippen molar-refractivity contribution in [3.63, 3.8) is 0 Å². The highest BCUT2D eigenvalue weighted by Crippen LogP contribution is 2.10. The maximum absolute atomic E-state index is 5.06. The fourth-order valence-corrected chi connectivity index (χ4v) is 1.04. The van der Waals surface area contributed by atoms with Gasteiger partial charge in [0, 0.05) is 0 Å². The molecular formula is C8H15NO. The number of oxime groups is 1. The fourth-order valence-electron chi connectivity index (χ4n) is 1.04. The Morgan fingerprint density at radius 3 is 2.90 bits per heavy atom. The summed E-state index contributed by atoms with van der Waals surface area (Å²) in [6.45, 7) is 5.12.